The number of nitrogens with one attached hydrogen (secondary N) is 1. The van der Waals surface area contributed by atoms with Gasteiger partial charge in [0.1, 0.15) is 10.6 Å². The third kappa shape index (κ3) is 5.82. The van der Waals surface area contributed by atoms with Crippen molar-refractivity contribution < 1.29 is 37.0 Å². The lowest BCUT2D eigenvalue weighted by Gasteiger charge is -2.31. The molecule has 13 nitrogen and oxygen atoms in total. The summed E-state index contributed by atoms with van der Waals surface area (Å²) in [6.07, 6.45) is 1.06. The standard InChI is InChI=1S/C29H33N5O8S/c1-8-42-20-14-13-17(29(2,3)4)15-19(20)32-26(35)24(34-16-30-22(27(36)40-6)23(34)28(37)41-7)25-31-18-11-9-10-12-21(18)43(38,39)33(25)5/h9-16,24H,8H2,1-7H3,(H,32,35). The van der Waals surface area contributed by atoms with Gasteiger partial charge in [0.15, 0.2) is 23.3 Å². The van der Waals surface area contributed by atoms with Crippen LogP contribution >= 0.6 is 0 Å². The number of ether oxygens (including phenoxy) is 3. The van der Waals surface area contributed by atoms with E-state index in [1.54, 1.807) is 31.2 Å². The van der Waals surface area contributed by atoms with E-state index in [-0.39, 0.29) is 21.8 Å². The largest absolute Gasteiger partial charge is 0.492 e. The van der Waals surface area contributed by atoms with Crippen LogP contribution in [-0.4, -0.2) is 73.8 Å². The molecule has 1 aliphatic rings. The first-order chi connectivity index (χ1) is 20.3. The highest BCUT2D eigenvalue weighted by Crippen LogP contribution is 2.36. The minimum absolute atomic E-state index is 0.0639. The van der Waals surface area contributed by atoms with Crippen molar-refractivity contribution in [2.45, 2.75) is 44.0 Å². The summed E-state index contributed by atoms with van der Waals surface area (Å²) in [5.41, 5.74) is 0.129. The predicted octanol–water partition coefficient (Wildman–Crippen LogP) is 3.70. The van der Waals surface area contributed by atoms with Gasteiger partial charge >= 0.3 is 11.9 Å². The Morgan fingerprint density at radius 3 is 2.33 bits per heavy atom. The summed E-state index contributed by atoms with van der Waals surface area (Å²) in [7, 11) is -0.732. The molecule has 2 heterocycles. The molecule has 0 bridgehead atoms. The summed E-state index contributed by atoms with van der Waals surface area (Å²) >= 11 is 0. The number of methoxy groups -OCH3 is 2. The van der Waals surface area contributed by atoms with Crippen LogP contribution in [0.4, 0.5) is 11.4 Å². The monoisotopic (exact) mass is 611 g/mol. The van der Waals surface area contributed by atoms with Gasteiger partial charge < -0.3 is 24.1 Å². The van der Waals surface area contributed by atoms with Gasteiger partial charge in [-0.15, -0.1) is 0 Å². The molecule has 0 radical (unpaired) electrons. The van der Waals surface area contributed by atoms with Crippen LogP contribution in [0.25, 0.3) is 0 Å². The van der Waals surface area contributed by atoms with E-state index in [0.717, 1.165) is 35.0 Å². The van der Waals surface area contributed by atoms with Crippen molar-refractivity contribution >= 4 is 45.1 Å². The van der Waals surface area contributed by atoms with Crippen molar-refractivity contribution in [1.29, 1.82) is 0 Å². The third-order valence-electron chi connectivity index (χ3n) is 6.79. The van der Waals surface area contributed by atoms with Gasteiger partial charge in [-0.2, -0.15) is 0 Å². The molecule has 3 aromatic rings. The molecule has 2 aromatic carbocycles. The molecule has 0 saturated heterocycles. The lowest BCUT2D eigenvalue weighted by molar-refractivity contribution is -0.117. The molecule has 0 aliphatic carbocycles. The van der Waals surface area contributed by atoms with Gasteiger partial charge in [0.2, 0.25) is 0 Å². The topological polar surface area (TPSA) is 158 Å². The number of fused-ring (bicyclic) bond motifs is 1. The number of para-hydroxylation sites is 1. The number of amides is 1. The molecule has 1 N–H and O–H groups in total. The maximum atomic E-state index is 14.3. The van der Waals surface area contributed by atoms with Crippen LogP contribution < -0.4 is 10.1 Å². The van der Waals surface area contributed by atoms with Gasteiger partial charge in [-0.25, -0.2) is 28.0 Å². The number of hydrogen-bond donors (Lipinski definition) is 1. The number of amidine groups is 1. The van der Waals surface area contributed by atoms with Crippen LogP contribution in [-0.2, 0) is 29.7 Å². The highest BCUT2D eigenvalue weighted by Gasteiger charge is 2.42. The van der Waals surface area contributed by atoms with Gasteiger partial charge in [0.05, 0.1) is 38.5 Å². The van der Waals surface area contributed by atoms with E-state index in [9.17, 15) is 22.8 Å². The Kier molecular flexibility index (Phi) is 8.62. The van der Waals surface area contributed by atoms with E-state index < -0.39 is 45.3 Å². The highest BCUT2D eigenvalue weighted by atomic mass is 32.2. The average molecular weight is 612 g/mol. The summed E-state index contributed by atoms with van der Waals surface area (Å²) < 4.78 is 44.5. The second kappa shape index (κ2) is 11.9. The lowest BCUT2D eigenvalue weighted by Crippen LogP contribution is -2.45. The van der Waals surface area contributed by atoms with E-state index in [2.05, 4.69) is 15.3 Å². The number of hydrogen-bond acceptors (Lipinski definition) is 10. The molecule has 228 valence electrons. The molecule has 1 amide bonds. The predicted molar refractivity (Wildman–Crippen MR) is 157 cm³/mol. The van der Waals surface area contributed by atoms with Crippen molar-refractivity contribution in [3.63, 3.8) is 0 Å². The molecule has 1 aromatic heterocycles. The number of carbonyl (C=O) groups is 3. The van der Waals surface area contributed by atoms with Gasteiger partial charge in [-0.05, 0) is 42.2 Å². The number of likely N-dealkylation sites (N-methyl/N-ethyl adjacent to an activating group) is 1. The zero-order chi connectivity index (χ0) is 31.7. The first-order valence-corrected chi connectivity index (χ1v) is 14.7. The fraction of sp³-hybridized carbons (Fsp3) is 0.345. The maximum Gasteiger partial charge on any atom is 0.359 e. The summed E-state index contributed by atoms with van der Waals surface area (Å²) in [4.78, 5) is 48.4. The second-order valence-corrected chi connectivity index (χ2v) is 12.5. The van der Waals surface area contributed by atoms with Crippen LogP contribution in [0.1, 0.15) is 60.3 Å². The number of sulfonamides is 1. The second-order valence-electron chi connectivity index (χ2n) is 10.5. The Morgan fingerprint density at radius 2 is 1.70 bits per heavy atom. The number of carbonyl (C=O) groups excluding carboxylic acids is 3. The Balaban J connectivity index is 1.98. The van der Waals surface area contributed by atoms with Crippen LogP contribution in [0.15, 0.2) is 58.7 Å². The van der Waals surface area contributed by atoms with E-state index in [4.69, 9.17) is 14.2 Å². The number of aromatic nitrogens is 2. The molecule has 14 heteroatoms. The Hall–Kier alpha value is -4.72. The molecular weight excluding hydrogens is 578 g/mol. The van der Waals surface area contributed by atoms with E-state index in [1.807, 2.05) is 26.8 Å². The molecule has 1 unspecified atom stereocenters. The van der Waals surface area contributed by atoms with Crippen LogP contribution in [0.3, 0.4) is 0 Å². The average Bonchev–Trinajstić information content (AvgIpc) is 3.40. The Labute approximate surface area is 249 Å². The van der Waals surface area contributed by atoms with E-state index in [1.165, 1.54) is 19.2 Å². The minimum atomic E-state index is -4.17. The Morgan fingerprint density at radius 1 is 1.02 bits per heavy atom. The third-order valence-corrected chi connectivity index (χ3v) is 8.60. The molecule has 0 spiro atoms. The first kappa shape index (κ1) is 31.2. The Bertz CT molecular complexity index is 1720. The maximum absolute atomic E-state index is 14.3. The summed E-state index contributed by atoms with van der Waals surface area (Å²) in [6, 6.07) is 9.78. The van der Waals surface area contributed by atoms with Gasteiger partial charge in [0, 0.05) is 7.05 Å². The van der Waals surface area contributed by atoms with Crippen molar-refractivity contribution in [1.82, 2.24) is 13.9 Å². The molecule has 1 atom stereocenters. The van der Waals surface area contributed by atoms with Crippen molar-refractivity contribution in [2.75, 3.05) is 33.2 Å². The fourth-order valence-corrected chi connectivity index (χ4v) is 5.82. The molecular formula is C29H33N5O8S. The van der Waals surface area contributed by atoms with Crippen LogP contribution in [0.2, 0.25) is 0 Å². The van der Waals surface area contributed by atoms with E-state index >= 15 is 0 Å². The van der Waals surface area contributed by atoms with Gasteiger partial charge in [-0.1, -0.05) is 39.0 Å². The fourth-order valence-electron chi connectivity index (χ4n) is 4.51. The first-order valence-electron chi connectivity index (χ1n) is 13.2. The zero-order valence-electron chi connectivity index (χ0n) is 24.9. The van der Waals surface area contributed by atoms with Crippen molar-refractivity contribution in [2.24, 2.45) is 4.99 Å². The molecule has 43 heavy (non-hydrogen) atoms. The number of rotatable bonds is 8. The number of anilines is 1. The molecule has 1 aliphatic heterocycles. The number of aliphatic imine (C=N–C) groups is 1. The SMILES string of the molecule is CCOc1ccc(C(C)(C)C)cc1NC(=O)C(C1=Nc2ccccc2S(=O)(=O)N1C)n1cnc(C(=O)OC)c1C(=O)OC. The number of imidazole rings is 1. The summed E-state index contributed by atoms with van der Waals surface area (Å²) in [6.45, 7) is 8.12. The number of nitrogens with zero attached hydrogens (tertiary/aromatic N) is 4. The number of esters is 2. The molecule has 4 rings (SSSR count). The lowest BCUT2D eigenvalue weighted by atomic mass is 9.87. The van der Waals surface area contributed by atoms with Gasteiger partial charge in [-0.3, -0.25) is 9.10 Å². The quantitative estimate of drug-likeness (QED) is 0.375. The highest BCUT2D eigenvalue weighted by molar-refractivity contribution is 7.90. The zero-order valence-corrected chi connectivity index (χ0v) is 25.7. The summed E-state index contributed by atoms with van der Waals surface area (Å²) in [5.74, 6) is -2.67. The molecule has 0 saturated carbocycles. The number of benzene rings is 2. The van der Waals surface area contributed by atoms with Gasteiger partial charge in [0.25, 0.3) is 15.9 Å². The van der Waals surface area contributed by atoms with Crippen molar-refractivity contribution in [3.8, 4) is 5.75 Å². The minimum Gasteiger partial charge on any atom is -0.492 e. The normalized spacial score (nSPS) is 14.7. The van der Waals surface area contributed by atoms with Crippen molar-refractivity contribution in [3.05, 3.63) is 65.7 Å². The van der Waals surface area contributed by atoms with Crippen LogP contribution in [0.5, 0.6) is 5.75 Å². The van der Waals surface area contributed by atoms with Crippen LogP contribution in [0, 0.1) is 0 Å². The van der Waals surface area contributed by atoms with E-state index in [0.29, 0.717) is 18.0 Å². The molecule has 0 fully saturated rings. The smallest absolute Gasteiger partial charge is 0.359 e. The summed E-state index contributed by atoms with van der Waals surface area (Å²) in [5, 5.41) is 2.83.